The summed E-state index contributed by atoms with van der Waals surface area (Å²) < 4.78 is 5.51. The van der Waals surface area contributed by atoms with E-state index in [-0.39, 0.29) is 42.0 Å². The van der Waals surface area contributed by atoms with E-state index in [1.165, 1.54) is 24.2 Å². The van der Waals surface area contributed by atoms with Gasteiger partial charge in [0, 0.05) is 31.4 Å². The van der Waals surface area contributed by atoms with Gasteiger partial charge in [-0.25, -0.2) is 9.59 Å². The molecule has 0 spiro atoms. The maximum absolute atomic E-state index is 12.1. The lowest BCUT2D eigenvalue weighted by atomic mass is 10.2. The summed E-state index contributed by atoms with van der Waals surface area (Å²) in [5, 5.41) is 0.582. The van der Waals surface area contributed by atoms with Crippen molar-refractivity contribution in [1.82, 2.24) is 18.1 Å². The number of fused-ring (bicyclic) bond motifs is 2. The molecule has 0 aliphatic carbocycles. The fourth-order valence-electron chi connectivity index (χ4n) is 3.51. The Bertz CT molecular complexity index is 1490. The third-order valence-electron chi connectivity index (χ3n) is 5.05. The summed E-state index contributed by atoms with van der Waals surface area (Å²) in [5.74, 6) is 0. The first-order valence-corrected chi connectivity index (χ1v) is 12.1. The first-order valence-electron chi connectivity index (χ1n) is 12.1. The van der Waals surface area contributed by atoms with E-state index in [4.69, 9.17) is 0 Å². The molecule has 3 aromatic heterocycles. The van der Waals surface area contributed by atoms with Gasteiger partial charge in [0.15, 0.2) is 0 Å². The van der Waals surface area contributed by atoms with Gasteiger partial charge >= 0.3 is 11.4 Å². The van der Waals surface area contributed by atoms with Crippen molar-refractivity contribution in [3.63, 3.8) is 0 Å². The van der Waals surface area contributed by atoms with E-state index < -0.39 is 0 Å². The zero-order chi connectivity index (χ0) is 26.9. The molecule has 8 heteroatoms. The van der Waals surface area contributed by atoms with Crippen LogP contribution in [0, 0.1) is 0 Å². The van der Waals surface area contributed by atoms with Gasteiger partial charge < -0.3 is 0 Å². The summed E-state index contributed by atoms with van der Waals surface area (Å²) in [6.45, 7) is 15.3. The molecule has 0 amide bonds. The molecule has 1 aromatic carbocycles. The summed E-state index contributed by atoms with van der Waals surface area (Å²) in [6, 6.07) is 13.7. The first kappa shape index (κ1) is 32.3. The largest absolute Gasteiger partial charge is 0.335 e. The van der Waals surface area contributed by atoms with Crippen LogP contribution < -0.4 is 22.5 Å². The van der Waals surface area contributed by atoms with E-state index in [1.807, 2.05) is 61.5 Å². The SMILES string of the molecule is C.CC.CC.CC(C)n1c(=O)c2ccccc2n(C)c1=O.CC(C)n1c(=O)cc2ccccn2c1=O. The van der Waals surface area contributed by atoms with Crippen LogP contribution in [0.1, 0.15) is 74.9 Å². The number of aryl methyl sites for hydroxylation is 1. The number of aromatic nitrogens is 4. The van der Waals surface area contributed by atoms with Crippen molar-refractivity contribution in [1.29, 1.82) is 0 Å². The third kappa shape index (κ3) is 6.71. The minimum absolute atomic E-state index is 0. The van der Waals surface area contributed by atoms with Crippen LogP contribution in [-0.4, -0.2) is 18.1 Å². The zero-order valence-electron chi connectivity index (χ0n) is 22.3. The van der Waals surface area contributed by atoms with Gasteiger partial charge in [-0.1, -0.05) is 53.3 Å². The van der Waals surface area contributed by atoms with E-state index in [0.29, 0.717) is 16.4 Å². The highest BCUT2D eigenvalue weighted by molar-refractivity contribution is 5.77. The average molecular weight is 499 g/mol. The van der Waals surface area contributed by atoms with Gasteiger partial charge in [0.1, 0.15) is 0 Å². The van der Waals surface area contributed by atoms with Gasteiger partial charge in [0.05, 0.1) is 16.4 Å². The molecule has 0 aliphatic heterocycles. The molecule has 8 nitrogen and oxygen atoms in total. The van der Waals surface area contributed by atoms with Crippen molar-refractivity contribution in [3.8, 4) is 0 Å². The summed E-state index contributed by atoms with van der Waals surface area (Å²) in [6.07, 6.45) is 1.66. The lowest BCUT2D eigenvalue weighted by Gasteiger charge is -2.12. The molecule has 0 fully saturated rings. The highest BCUT2D eigenvalue weighted by Gasteiger charge is 2.12. The second kappa shape index (κ2) is 14.7. The fraction of sp³-hybridized carbons (Fsp3) is 0.429. The van der Waals surface area contributed by atoms with Crippen molar-refractivity contribution in [2.24, 2.45) is 7.05 Å². The second-order valence-electron chi connectivity index (χ2n) is 7.85. The number of para-hydroxylation sites is 1. The van der Waals surface area contributed by atoms with Gasteiger partial charge in [-0.3, -0.25) is 27.7 Å². The predicted octanol–water partition coefficient (Wildman–Crippen LogP) is 5.01. The minimum Gasteiger partial charge on any atom is -0.296 e. The molecule has 3 heterocycles. The number of hydrogen-bond donors (Lipinski definition) is 0. The van der Waals surface area contributed by atoms with Crippen molar-refractivity contribution in [2.75, 3.05) is 0 Å². The summed E-state index contributed by atoms with van der Waals surface area (Å²) >= 11 is 0. The quantitative estimate of drug-likeness (QED) is 0.389. The molecule has 0 radical (unpaired) electrons. The first-order chi connectivity index (χ1) is 16.6. The molecule has 0 N–H and O–H groups in total. The van der Waals surface area contributed by atoms with Crippen molar-refractivity contribution in [2.45, 2.75) is 74.9 Å². The van der Waals surface area contributed by atoms with E-state index >= 15 is 0 Å². The topological polar surface area (TPSA) is 87.5 Å². The number of pyridine rings is 1. The zero-order valence-corrected chi connectivity index (χ0v) is 22.3. The summed E-state index contributed by atoms with van der Waals surface area (Å²) in [5.41, 5.74) is 0.292. The van der Waals surface area contributed by atoms with Crippen molar-refractivity contribution in [3.05, 3.63) is 96.4 Å². The van der Waals surface area contributed by atoms with Gasteiger partial charge in [-0.2, -0.15) is 0 Å². The Morgan fingerprint density at radius 1 is 0.694 bits per heavy atom. The molecule has 0 saturated heterocycles. The third-order valence-corrected chi connectivity index (χ3v) is 5.05. The average Bonchev–Trinajstić information content (AvgIpc) is 2.85. The Kier molecular flexibility index (Phi) is 13.2. The molecule has 4 rings (SSSR count). The lowest BCUT2D eigenvalue weighted by Crippen LogP contribution is -2.40. The molecule has 0 aliphatic rings. The normalized spacial score (nSPS) is 9.97. The Balaban J connectivity index is 0.000000585. The number of nitrogens with zero attached hydrogens (tertiary/aromatic N) is 4. The predicted molar refractivity (Wildman–Crippen MR) is 152 cm³/mol. The highest BCUT2D eigenvalue weighted by atomic mass is 16.2. The Morgan fingerprint density at radius 3 is 1.78 bits per heavy atom. The van der Waals surface area contributed by atoms with E-state index in [0.717, 1.165) is 0 Å². The maximum atomic E-state index is 12.1. The Morgan fingerprint density at radius 2 is 1.22 bits per heavy atom. The number of hydrogen-bond acceptors (Lipinski definition) is 4. The van der Waals surface area contributed by atoms with E-state index in [1.54, 1.807) is 49.6 Å². The van der Waals surface area contributed by atoms with E-state index in [9.17, 15) is 19.2 Å². The van der Waals surface area contributed by atoms with E-state index in [2.05, 4.69) is 0 Å². The molecule has 198 valence electrons. The molecule has 0 saturated carbocycles. The number of rotatable bonds is 2. The molecular weight excluding hydrogens is 456 g/mol. The highest BCUT2D eigenvalue weighted by Crippen LogP contribution is 2.07. The maximum Gasteiger partial charge on any atom is 0.335 e. The van der Waals surface area contributed by atoms with Crippen molar-refractivity contribution >= 4 is 16.4 Å². The van der Waals surface area contributed by atoms with Gasteiger partial charge in [0.2, 0.25) is 0 Å². The molecular formula is C28H42N4O4. The van der Waals surface area contributed by atoms with Gasteiger partial charge in [-0.15, -0.1) is 0 Å². The van der Waals surface area contributed by atoms with Crippen LogP contribution in [0.4, 0.5) is 0 Å². The Labute approximate surface area is 213 Å². The molecule has 4 aromatic rings. The minimum atomic E-state index is -0.284. The van der Waals surface area contributed by atoms with Crippen LogP contribution in [0.3, 0.4) is 0 Å². The van der Waals surface area contributed by atoms with Crippen LogP contribution in [0.25, 0.3) is 16.4 Å². The van der Waals surface area contributed by atoms with Gasteiger partial charge in [-0.05, 0) is 52.0 Å². The summed E-state index contributed by atoms with van der Waals surface area (Å²) in [4.78, 5) is 47.6. The second-order valence-corrected chi connectivity index (χ2v) is 7.85. The lowest BCUT2D eigenvalue weighted by molar-refractivity contribution is 0.532. The van der Waals surface area contributed by atoms with Crippen LogP contribution in [0.5, 0.6) is 0 Å². The monoisotopic (exact) mass is 498 g/mol. The standard InChI is InChI=1S/C12H14N2O2.C11H12N2O2.2C2H6.CH4/c1-8(2)14-11(15)9-6-4-5-7-10(9)13(3)12(14)16;1-8(2)13-10(14)7-9-5-3-4-6-12(9)11(13)15;2*1-2;/h4-8H,1-3H3;3-8H,1-2H3;2*1-2H3;1H4. The Hall–Kier alpha value is -3.68. The fourth-order valence-corrected chi connectivity index (χ4v) is 3.51. The van der Waals surface area contributed by atoms with Crippen LogP contribution in [0.2, 0.25) is 0 Å². The number of benzene rings is 1. The van der Waals surface area contributed by atoms with Crippen molar-refractivity contribution < 1.29 is 0 Å². The molecule has 0 atom stereocenters. The molecule has 0 bridgehead atoms. The van der Waals surface area contributed by atoms with Crippen LogP contribution in [-0.2, 0) is 7.05 Å². The van der Waals surface area contributed by atoms with Crippen LogP contribution >= 0.6 is 0 Å². The van der Waals surface area contributed by atoms with Crippen LogP contribution in [0.15, 0.2) is 73.9 Å². The summed E-state index contributed by atoms with van der Waals surface area (Å²) in [7, 11) is 1.68. The molecule has 0 unspecified atom stereocenters. The van der Waals surface area contributed by atoms with Gasteiger partial charge in [0.25, 0.3) is 11.1 Å². The smallest absolute Gasteiger partial charge is 0.296 e. The molecule has 36 heavy (non-hydrogen) atoms.